The van der Waals surface area contributed by atoms with Gasteiger partial charge in [0.05, 0.1) is 0 Å². The predicted octanol–water partition coefficient (Wildman–Crippen LogP) is 3.07. The van der Waals surface area contributed by atoms with Crippen LogP contribution in [0.5, 0.6) is 0 Å². The van der Waals surface area contributed by atoms with Crippen LogP contribution in [0.4, 0.5) is 0 Å². The summed E-state index contributed by atoms with van der Waals surface area (Å²) in [5.74, 6) is 0. The monoisotopic (exact) mass is 248 g/mol. The third-order valence-electron chi connectivity index (χ3n) is 4.00. The topological polar surface area (TPSA) is 15.3 Å². The van der Waals surface area contributed by atoms with Gasteiger partial charge in [0, 0.05) is 12.1 Å². The van der Waals surface area contributed by atoms with Crippen molar-refractivity contribution in [3.05, 3.63) is 35.4 Å². The van der Waals surface area contributed by atoms with Crippen molar-refractivity contribution in [1.29, 1.82) is 0 Å². The van der Waals surface area contributed by atoms with Gasteiger partial charge < -0.3 is 5.32 Å². The molecular formula is C16H28N2. The van der Waals surface area contributed by atoms with Gasteiger partial charge >= 0.3 is 0 Å². The largest absolute Gasteiger partial charge is 0.319 e. The van der Waals surface area contributed by atoms with Crippen molar-refractivity contribution in [2.45, 2.75) is 45.7 Å². The van der Waals surface area contributed by atoms with Crippen LogP contribution >= 0.6 is 0 Å². The zero-order valence-corrected chi connectivity index (χ0v) is 12.6. The molecule has 18 heavy (non-hydrogen) atoms. The molecule has 0 radical (unpaired) electrons. The highest BCUT2D eigenvalue weighted by Crippen LogP contribution is 2.19. The first-order valence-corrected chi connectivity index (χ1v) is 6.93. The van der Waals surface area contributed by atoms with Crippen molar-refractivity contribution in [3.8, 4) is 0 Å². The number of hydrogen-bond donors (Lipinski definition) is 1. The molecule has 0 bridgehead atoms. The molecule has 0 atom stereocenters. The second kappa shape index (κ2) is 6.91. The van der Waals surface area contributed by atoms with Crippen molar-refractivity contribution < 1.29 is 0 Å². The molecule has 2 heteroatoms. The average Bonchev–Trinajstić information content (AvgIpc) is 2.37. The van der Waals surface area contributed by atoms with E-state index < -0.39 is 0 Å². The second-order valence-electron chi connectivity index (χ2n) is 5.69. The Morgan fingerprint density at radius 3 is 2.17 bits per heavy atom. The number of rotatable bonds is 7. The number of nitrogens with one attached hydrogen (secondary N) is 1. The number of hydrogen-bond acceptors (Lipinski definition) is 2. The van der Waals surface area contributed by atoms with Crippen LogP contribution in [0.1, 0.15) is 38.3 Å². The molecule has 1 N–H and O–H groups in total. The molecule has 1 aromatic rings. The zero-order valence-electron chi connectivity index (χ0n) is 12.6. The molecule has 0 amide bonds. The third-order valence-corrected chi connectivity index (χ3v) is 4.00. The summed E-state index contributed by atoms with van der Waals surface area (Å²) in [5, 5.41) is 3.18. The fourth-order valence-electron chi connectivity index (χ4n) is 1.84. The maximum atomic E-state index is 3.18. The molecule has 0 saturated carbocycles. The predicted molar refractivity (Wildman–Crippen MR) is 79.9 cm³/mol. The number of benzene rings is 1. The van der Waals surface area contributed by atoms with Crippen molar-refractivity contribution in [1.82, 2.24) is 10.2 Å². The van der Waals surface area contributed by atoms with Gasteiger partial charge in [-0.25, -0.2) is 0 Å². The van der Waals surface area contributed by atoms with E-state index in [-0.39, 0.29) is 5.54 Å². The first-order chi connectivity index (χ1) is 8.49. The molecule has 0 aromatic heterocycles. The highest BCUT2D eigenvalue weighted by molar-refractivity contribution is 5.22. The first-order valence-electron chi connectivity index (χ1n) is 6.93. The van der Waals surface area contributed by atoms with Crippen LogP contribution in [0, 0.1) is 0 Å². The summed E-state index contributed by atoms with van der Waals surface area (Å²) in [4.78, 5) is 2.43. The summed E-state index contributed by atoms with van der Waals surface area (Å²) in [7, 11) is 4.20. The molecule has 2 nitrogen and oxygen atoms in total. The van der Waals surface area contributed by atoms with E-state index in [0.29, 0.717) is 0 Å². The summed E-state index contributed by atoms with van der Waals surface area (Å²) >= 11 is 0. The Bertz CT molecular complexity index is 341. The molecule has 0 aliphatic rings. The van der Waals surface area contributed by atoms with Crippen molar-refractivity contribution in [2.75, 3.05) is 20.6 Å². The minimum atomic E-state index is 0.269. The molecule has 0 spiro atoms. The Morgan fingerprint density at radius 2 is 1.67 bits per heavy atom. The third kappa shape index (κ3) is 4.43. The van der Waals surface area contributed by atoms with Gasteiger partial charge in [-0.2, -0.15) is 0 Å². The lowest BCUT2D eigenvalue weighted by Crippen LogP contribution is -2.39. The lowest BCUT2D eigenvalue weighted by atomic mass is 9.99. The summed E-state index contributed by atoms with van der Waals surface area (Å²) in [5.41, 5.74) is 3.07. The highest BCUT2D eigenvalue weighted by Gasteiger charge is 2.20. The van der Waals surface area contributed by atoms with E-state index >= 15 is 0 Å². The SMILES string of the molecule is CCC(C)(C)N(C)Cc1ccc(CCNC)cc1. The van der Waals surface area contributed by atoms with Crippen molar-refractivity contribution >= 4 is 0 Å². The quantitative estimate of drug-likeness (QED) is 0.798. The van der Waals surface area contributed by atoms with Gasteiger partial charge in [0.15, 0.2) is 0 Å². The van der Waals surface area contributed by atoms with Gasteiger partial charge in [0.2, 0.25) is 0 Å². The summed E-state index contributed by atoms with van der Waals surface area (Å²) in [6.07, 6.45) is 2.27. The van der Waals surface area contributed by atoms with E-state index in [1.165, 1.54) is 17.5 Å². The summed E-state index contributed by atoms with van der Waals surface area (Å²) in [6.45, 7) is 8.91. The van der Waals surface area contributed by atoms with Crippen molar-refractivity contribution in [2.24, 2.45) is 0 Å². The van der Waals surface area contributed by atoms with Crippen LogP contribution in [0.2, 0.25) is 0 Å². The lowest BCUT2D eigenvalue weighted by molar-refractivity contribution is 0.143. The molecule has 0 aliphatic heterocycles. The van der Waals surface area contributed by atoms with Crippen LogP contribution in [0.25, 0.3) is 0 Å². The molecule has 0 saturated heterocycles. The minimum absolute atomic E-state index is 0.269. The van der Waals surface area contributed by atoms with Gasteiger partial charge in [-0.05, 0) is 58.5 Å². The molecule has 0 aliphatic carbocycles. The van der Waals surface area contributed by atoms with Gasteiger partial charge in [-0.15, -0.1) is 0 Å². The maximum Gasteiger partial charge on any atom is 0.0235 e. The molecule has 102 valence electrons. The molecule has 0 fully saturated rings. The minimum Gasteiger partial charge on any atom is -0.319 e. The van der Waals surface area contributed by atoms with Gasteiger partial charge in [-0.1, -0.05) is 31.2 Å². The Hall–Kier alpha value is -0.860. The second-order valence-corrected chi connectivity index (χ2v) is 5.69. The molecule has 1 rings (SSSR count). The average molecular weight is 248 g/mol. The van der Waals surface area contributed by atoms with E-state index in [2.05, 4.69) is 62.3 Å². The molecular weight excluding hydrogens is 220 g/mol. The van der Waals surface area contributed by atoms with E-state index in [1.807, 2.05) is 7.05 Å². The smallest absolute Gasteiger partial charge is 0.0235 e. The Kier molecular flexibility index (Phi) is 5.83. The number of likely N-dealkylation sites (N-methyl/N-ethyl adjacent to an activating group) is 1. The van der Waals surface area contributed by atoms with E-state index in [1.54, 1.807) is 0 Å². The fourth-order valence-corrected chi connectivity index (χ4v) is 1.84. The summed E-state index contributed by atoms with van der Waals surface area (Å²) < 4.78 is 0. The normalized spacial score (nSPS) is 12.1. The van der Waals surface area contributed by atoms with Crippen molar-refractivity contribution in [3.63, 3.8) is 0 Å². The zero-order chi connectivity index (χ0) is 13.6. The lowest BCUT2D eigenvalue weighted by Gasteiger charge is -2.34. The van der Waals surface area contributed by atoms with Gasteiger partial charge in [0.25, 0.3) is 0 Å². The fraction of sp³-hybridized carbons (Fsp3) is 0.625. The molecule has 0 unspecified atom stereocenters. The molecule has 0 heterocycles. The maximum absolute atomic E-state index is 3.18. The Labute approximate surface area is 112 Å². The van der Waals surface area contributed by atoms with Crippen LogP contribution < -0.4 is 5.32 Å². The Balaban J connectivity index is 2.58. The van der Waals surface area contributed by atoms with Crippen LogP contribution in [0.15, 0.2) is 24.3 Å². The molecule has 1 aromatic carbocycles. The van der Waals surface area contributed by atoms with Crippen LogP contribution in [-0.2, 0) is 13.0 Å². The first kappa shape index (κ1) is 15.2. The standard InChI is InChI=1S/C16H28N2/c1-6-16(2,3)18(5)13-15-9-7-14(8-10-15)11-12-17-4/h7-10,17H,6,11-13H2,1-5H3. The summed E-state index contributed by atoms with van der Waals surface area (Å²) in [6, 6.07) is 9.01. The van der Waals surface area contributed by atoms with Gasteiger partial charge in [-0.3, -0.25) is 4.90 Å². The van der Waals surface area contributed by atoms with Crippen LogP contribution in [-0.4, -0.2) is 31.1 Å². The van der Waals surface area contributed by atoms with E-state index in [9.17, 15) is 0 Å². The van der Waals surface area contributed by atoms with E-state index in [4.69, 9.17) is 0 Å². The van der Waals surface area contributed by atoms with E-state index in [0.717, 1.165) is 19.5 Å². The van der Waals surface area contributed by atoms with Crippen LogP contribution in [0.3, 0.4) is 0 Å². The Morgan fingerprint density at radius 1 is 1.11 bits per heavy atom. The highest BCUT2D eigenvalue weighted by atomic mass is 15.2. The van der Waals surface area contributed by atoms with Gasteiger partial charge in [0.1, 0.15) is 0 Å². The number of nitrogens with zero attached hydrogens (tertiary/aromatic N) is 1.